The van der Waals surface area contributed by atoms with Crippen LogP contribution in [0.2, 0.25) is 0 Å². The van der Waals surface area contributed by atoms with Gasteiger partial charge in [-0.3, -0.25) is 0 Å². The first-order valence-electron chi connectivity index (χ1n) is 7.02. The molecule has 0 spiro atoms. The molecule has 0 bridgehead atoms. The second kappa shape index (κ2) is 5.29. The topological polar surface area (TPSA) is 69.6 Å². The number of aromatic carboxylic acids is 1. The number of carbonyl (C=O) groups is 1. The molecular weight excluding hydrogens is 268 g/mol. The molecule has 0 amide bonds. The maximum Gasteiger partial charge on any atom is 0.358 e. The lowest BCUT2D eigenvalue weighted by atomic mass is 10.1. The second-order valence-corrected chi connectivity index (χ2v) is 5.52. The van der Waals surface area contributed by atoms with Crippen molar-refractivity contribution in [3.63, 3.8) is 0 Å². The minimum atomic E-state index is -1.03. The minimum absolute atomic E-state index is 0.0325. The first-order valence-corrected chi connectivity index (χ1v) is 7.02. The fourth-order valence-electron chi connectivity index (χ4n) is 2.95. The molecule has 2 heterocycles. The van der Waals surface area contributed by atoms with E-state index in [1.165, 1.54) is 0 Å². The van der Waals surface area contributed by atoms with Gasteiger partial charge in [0.05, 0.1) is 11.2 Å². The van der Waals surface area contributed by atoms with Crippen LogP contribution in [0.15, 0.2) is 24.3 Å². The van der Waals surface area contributed by atoms with E-state index in [0.717, 1.165) is 30.5 Å². The number of likely N-dealkylation sites (N-methyl/N-ethyl adjacent to an activating group) is 1. The molecule has 110 valence electrons. The average molecular weight is 286 g/mol. The van der Waals surface area contributed by atoms with Crippen LogP contribution in [-0.4, -0.2) is 58.9 Å². The number of piperazine rings is 1. The molecule has 3 rings (SSSR count). The SMILES string of the molecule is CC1CN(C)CCN1c1c(C(=O)O)nnc2ccccc12. The molecule has 1 unspecified atom stereocenters. The zero-order valence-electron chi connectivity index (χ0n) is 12.2. The normalized spacial score (nSPS) is 19.9. The quantitative estimate of drug-likeness (QED) is 0.901. The van der Waals surface area contributed by atoms with Gasteiger partial charge in [0.25, 0.3) is 0 Å². The monoisotopic (exact) mass is 286 g/mol. The van der Waals surface area contributed by atoms with E-state index >= 15 is 0 Å². The highest BCUT2D eigenvalue weighted by Gasteiger charge is 2.28. The smallest absolute Gasteiger partial charge is 0.358 e. The number of fused-ring (bicyclic) bond motifs is 1. The lowest BCUT2D eigenvalue weighted by Gasteiger charge is -2.40. The molecule has 1 aliphatic heterocycles. The van der Waals surface area contributed by atoms with Gasteiger partial charge in [-0.15, -0.1) is 10.2 Å². The Hall–Kier alpha value is -2.21. The molecular formula is C15H18N4O2. The Morgan fingerprint density at radius 1 is 1.29 bits per heavy atom. The van der Waals surface area contributed by atoms with Crippen molar-refractivity contribution in [2.45, 2.75) is 13.0 Å². The van der Waals surface area contributed by atoms with Crippen LogP contribution in [0.5, 0.6) is 0 Å². The summed E-state index contributed by atoms with van der Waals surface area (Å²) in [5, 5.41) is 18.3. The zero-order chi connectivity index (χ0) is 15.0. The summed E-state index contributed by atoms with van der Waals surface area (Å²) in [6, 6.07) is 7.79. The van der Waals surface area contributed by atoms with Gasteiger partial charge in [-0.2, -0.15) is 0 Å². The highest BCUT2D eigenvalue weighted by atomic mass is 16.4. The Labute approximate surface area is 123 Å². The predicted octanol–water partition coefficient (Wildman–Crippen LogP) is 1.47. The number of nitrogens with zero attached hydrogens (tertiary/aromatic N) is 4. The van der Waals surface area contributed by atoms with Crippen molar-refractivity contribution in [3.05, 3.63) is 30.0 Å². The molecule has 1 aromatic heterocycles. The first-order chi connectivity index (χ1) is 10.1. The summed E-state index contributed by atoms with van der Waals surface area (Å²) in [4.78, 5) is 15.9. The van der Waals surface area contributed by atoms with E-state index in [1.807, 2.05) is 24.3 Å². The molecule has 6 nitrogen and oxygen atoms in total. The Kier molecular flexibility index (Phi) is 3.47. The molecule has 1 aliphatic rings. The Morgan fingerprint density at radius 3 is 2.76 bits per heavy atom. The molecule has 21 heavy (non-hydrogen) atoms. The number of aromatic nitrogens is 2. The first kappa shape index (κ1) is 13.8. The van der Waals surface area contributed by atoms with Crippen LogP contribution in [-0.2, 0) is 0 Å². The van der Waals surface area contributed by atoms with Crippen LogP contribution < -0.4 is 4.90 Å². The third-order valence-electron chi connectivity index (χ3n) is 3.96. The van der Waals surface area contributed by atoms with E-state index in [4.69, 9.17) is 0 Å². The molecule has 0 radical (unpaired) electrons. The van der Waals surface area contributed by atoms with Crippen LogP contribution >= 0.6 is 0 Å². The lowest BCUT2D eigenvalue weighted by molar-refractivity contribution is 0.0690. The van der Waals surface area contributed by atoms with Crippen LogP contribution in [0.4, 0.5) is 5.69 Å². The largest absolute Gasteiger partial charge is 0.476 e. The van der Waals surface area contributed by atoms with Crippen molar-refractivity contribution in [2.75, 3.05) is 31.6 Å². The van der Waals surface area contributed by atoms with Crippen molar-refractivity contribution in [3.8, 4) is 0 Å². The molecule has 6 heteroatoms. The van der Waals surface area contributed by atoms with Gasteiger partial charge >= 0.3 is 5.97 Å². The maximum atomic E-state index is 11.5. The van der Waals surface area contributed by atoms with E-state index in [0.29, 0.717) is 5.69 Å². The van der Waals surface area contributed by atoms with Gasteiger partial charge in [0.15, 0.2) is 5.69 Å². The van der Waals surface area contributed by atoms with Gasteiger partial charge < -0.3 is 14.9 Å². The van der Waals surface area contributed by atoms with Crippen molar-refractivity contribution in [1.82, 2.24) is 15.1 Å². The summed E-state index contributed by atoms with van der Waals surface area (Å²) in [7, 11) is 2.08. The highest BCUT2D eigenvalue weighted by molar-refractivity contribution is 6.02. The molecule has 1 aromatic carbocycles. The lowest BCUT2D eigenvalue weighted by Crippen LogP contribution is -2.51. The molecule has 0 saturated carbocycles. The molecule has 1 fully saturated rings. The van der Waals surface area contributed by atoms with Gasteiger partial charge in [0, 0.05) is 31.1 Å². The van der Waals surface area contributed by atoms with Crippen molar-refractivity contribution >= 4 is 22.6 Å². The fraction of sp³-hybridized carbons (Fsp3) is 0.400. The number of hydrogen-bond donors (Lipinski definition) is 1. The third-order valence-corrected chi connectivity index (χ3v) is 3.96. The number of carboxylic acid groups (broad SMARTS) is 1. The van der Waals surface area contributed by atoms with Crippen molar-refractivity contribution in [1.29, 1.82) is 0 Å². The standard InChI is InChI=1S/C15H18N4O2/c1-10-9-18(2)7-8-19(10)14-11-5-3-4-6-12(11)16-17-13(14)15(20)21/h3-6,10H,7-9H2,1-2H3,(H,20,21). The van der Waals surface area contributed by atoms with Gasteiger partial charge in [0.1, 0.15) is 0 Å². The molecule has 2 aromatic rings. The van der Waals surface area contributed by atoms with E-state index < -0.39 is 5.97 Å². The summed E-state index contributed by atoms with van der Waals surface area (Å²) in [6.07, 6.45) is 0. The molecule has 0 aliphatic carbocycles. The number of benzene rings is 1. The van der Waals surface area contributed by atoms with E-state index in [1.54, 1.807) is 0 Å². The second-order valence-electron chi connectivity index (χ2n) is 5.52. The Balaban J connectivity index is 2.19. The summed E-state index contributed by atoms with van der Waals surface area (Å²) < 4.78 is 0. The number of carboxylic acids is 1. The van der Waals surface area contributed by atoms with Gasteiger partial charge in [-0.1, -0.05) is 18.2 Å². The number of hydrogen-bond acceptors (Lipinski definition) is 5. The van der Waals surface area contributed by atoms with Gasteiger partial charge in [-0.25, -0.2) is 4.79 Å². The predicted molar refractivity (Wildman–Crippen MR) is 80.8 cm³/mol. The van der Waals surface area contributed by atoms with Gasteiger partial charge in [0.2, 0.25) is 0 Å². The van der Waals surface area contributed by atoms with Gasteiger partial charge in [-0.05, 0) is 20.0 Å². The molecule has 1 saturated heterocycles. The minimum Gasteiger partial charge on any atom is -0.476 e. The summed E-state index contributed by atoms with van der Waals surface area (Å²) >= 11 is 0. The maximum absolute atomic E-state index is 11.5. The number of anilines is 1. The van der Waals surface area contributed by atoms with Crippen LogP contribution in [0, 0.1) is 0 Å². The summed E-state index contributed by atoms with van der Waals surface area (Å²) in [5.74, 6) is -1.03. The summed E-state index contributed by atoms with van der Waals surface area (Å²) in [6.45, 7) is 4.69. The zero-order valence-corrected chi connectivity index (χ0v) is 12.2. The van der Waals surface area contributed by atoms with Crippen molar-refractivity contribution in [2.24, 2.45) is 0 Å². The Morgan fingerprint density at radius 2 is 2.05 bits per heavy atom. The van der Waals surface area contributed by atoms with E-state index in [9.17, 15) is 9.90 Å². The van der Waals surface area contributed by atoms with Crippen molar-refractivity contribution < 1.29 is 9.90 Å². The fourth-order valence-corrected chi connectivity index (χ4v) is 2.95. The molecule has 1 N–H and O–H groups in total. The van der Waals surface area contributed by atoms with E-state index in [-0.39, 0.29) is 11.7 Å². The van der Waals surface area contributed by atoms with Crippen LogP contribution in [0.25, 0.3) is 10.9 Å². The number of rotatable bonds is 2. The van der Waals surface area contributed by atoms with Crippen LogP contribution in [0.3, 0.4) is 0 Å². The summed E-state index contributed by atoms with van der Waals surface area (Å²) in [5.41, 5.74) is 1.45. The van der Waals surface area contributed by atoms with Crippen LogP contribution in [0.1, 0.15) is 17.4 Å². The Bertz CT molecular complexity index is 688. The van der Waals surface area contributed by atoms with E-state index in [2.05, 4.69) is 34.0 Å². The average Bonchev–Trinajstić information content (AvgIpc) is 2.46. The third kappa shape index (κ3) is 2.42. The highest BCUT2D eigenvalue weighted by Crippen LogP contribution is 2.30. The molecule has 1 atom stereocenters.